The third-order valence-electron chi connectivity index (χ3n) is 4.22. The molecule has 4 N–H and O–H groups in total. The van der Waals surface area contributed by atoms with Gasteiger partial charge in [-0.2, -0.15) is 0 Å². The Kier molecular flexibility index (Phi) is 7.38. The second kappa shape index (κ2) is 9.52. The lowest BCUT2D eigenvalue weighted by Crippen LogP contribution is -2.19. The number of benzene rings is 2. The highest BCUT2D eigenvalue weighted by Gasteiger charge is 2.16. The number of amides is 1. The van der Waals surface area contributed by atoms with E-state index in [1.54, 1.807) is 36.4 Å². The van der Waals surface area contributed by atoms with Crippen LogP contribution in [-0.2, 0) is 11.3 Å². The van der Waals surface area contributed by atoms with Crippen LogP contribution in [0.3, 0.4) is 0 Å². The van der Waals surface area contributed by atoms with Gasteiger partial charge in [0, 0.05) is 30.9 Å². The third kappa shape index (κ3) is 5.17. The highest BCUT2D eigenvalue weighted by atomic mass is 35.5. The van der Waals surface area contributed by atoms with Crippen molar-refractivity contribution in [1.29, 1.82) is 0 Å². The van der Waals surface area contributed by atoms with E-state index >= 15 is 0 Å². The summed E-state index contributed by atoms with van der Waals surface area (Å²) in [6.45, 7) is 1.77. The van der Waals surface area contributed by atoms with Gasteiger partial charge in [0.15, 0.2) is 0 Å². The molecule has 1 heterocycles. The van der Waals surface area contributed by atoms with Crippen LogP contribution < -0.4 is 16.4 Å². The van der Waals surface area contributed by atoms with E-state index < -0.39 is 5.82 Å². The van der Waals surface area contributed by atoms with E-state index in [-0.39, 0.29) is 24.4 Å². The van der Waals surface area contributed by atoms with Crippen molar-refractivity contribution in [2.75, 3.05) is 23.8 Å². The van der Waals surface area contributed by atoms with Crippen LogP contribution in [0.4, 0.5) is 15.8 Å². The number of nitrogens with two attached hydrogens (primary N) is 1. The van der Waals surface area contributed by atoms with Crippen molar-refractivity contribution in [3.8, 4) is 0 Å². The van der Waals surface area contributed by atoms with Gasteiger partial charge in [0.25, 0.3) is 5.91 Å². The minimum atomic E-state index is -0.408. The average Bonchev–Trinajstić information content (AvgIpc) is 3.14. The number of carbonyl (C=O) groups excluding carboxylic acids is 1. The summed E-state index contributed by atoms with van der Waals surface area (Å²) in [5.74, 6) is -0.697. The van der Waals surface area contributed by atoms with E-state index in [1.165, 1.54) is 6.07 Å². The molecule has 1 unspecified atom stereocenters. The maximum atomic E-state index is 14.2. The molecule has 26 heavy (non-hydrogen) atoms. The fourth-order valence-corrected chi connectivity index (χ4v) is 2.76. The number of nitrogens with one attached hydrogen (secondary N) is 2. The van der Waals surface area contributed by atoms with Crippen LogP contribution in [0.25, 0.3) is 0 Å². The van der Waals surface area contributed by atoms with Crippen molar-refractivity contribution in [3.05, 3.63) is 59.4 Å². The SMILES string of the molecule is Cl.NCc1ccc(C(=O)Nc2ccc(NCC3CCCO3)c(F)c2)cc1. The van der Waals surface area contributed by atoms with E-state index in [4.69, 9.17) is 10.5 Å². The Morgan fingerprint density at radius 2 is 2.00 bits per heavy atom. The molecule has 1 fully saturated rings. The average molecular weight is 380 g/mol. The van der Waals surface area contributed by atoms with E-state index in [1.807, 2.05) is 0 Å². The minimum absolute atomic E-state index is 0. The largest absolute Gasteiger partial charge is 0.380 e. The van der Waals surface area contributed by atoms with Crippen LogP contribution in [0, 0.1) is 5.82 Å². The van der Waals surface area contributed by atoms with Crippen LogP contribution in [0.15, 0.2) is 42.5 Å². The van der Waals surface area contributed by atoms with Gasteiger partial charge in [-0.1, -0.05) is 12.1 Å². The Balaban J connectivity index is 0.00000243. The molecular formula is C19H23ClFN3O2. The molecule has 0 saturated carbocycles. The van der Waals surface area contributed by atoms with Crippen molar-refractivity contribution in [3.63, 3.8) is 0 Å². The second-order valence-electron chi connectivity index (χ2n) is 6.07. The number of anilines is 2. The Hall–Kier alpha value is -2.15. The molecule has 0 bridgehead atoms. The summed E-state index contributed by atoms with van der Waals surface area (Å²) in [6, 6.07) is 11.6. The predicted octanol–water partition coefficient (Wildman–Crippen LogP) is 3.55. The van der Waals surface area contributed by atoms with Gasteiger partial charge >= 0.3 is 0 Å². The lowest BCUT2D eigenvalue weighted by molar-refractivity contribution is 0.102. The molecule has 1 atom stereocenters. The van der Waals surface area contributed by atoms with E-state index in [0.717, 1.165) is 25.0 Å². The number of ether oxygens (including phenoxy) is 1. The molecule has 0 spiro atoms. The number of halogens is 2. The quantitative estimate of drug-likeness (QED) is 0.717. The second-order valence-corrected chi connectivity index (χ2v) is 6.07. The molecule has 0 aliphatic carbocycles. The smallest absolute Gasteiger partial charge is 0.255 e. The zero-order valence-electron chi connectivity index (χ0n) is 14.3. The normalized spacial score (nSPS) is 16.0. The van der Waals surface area contributed by atoms with Crippen LogP contribution in [-0.4, -0.2) is 25.2 Å². The van der Waals surface area contributed by atoms with Crippen molar-refractivity contribution >= 4 is 29.7 Å². The molecule has 1 saturated heterocycles. The third-order valence-corrected chi connectivity index (χ3v) is 4.22. The molecule has 1 amide bonds. The van der Waals surface area contributed by atoms with Gasteiger partial charge in [-0.05, 0) is 48.7 Å². The minimum Gasteiger partial charge on any atom is -0.380 e. The standard InChI is InChI=1S/C19H22FN3O2.ClH/c20-17-10-15(7-8-18(17)22-12-16-2-1-9-25-16)23-19(24)14-5-3-13(11-21)4-6-14;/h3-8,10,16,22H,1-2,9,11-12,21H2,(H,23,24);1H. The zero-order valence-corrected chi connectivity index (χ0v) is 15.2. The monoisotopic (exact) mass is 379 g/mol. The molecule has 7 heteroatoms. The summed E-state index contributed by atoms with van der Waals surface area (Å²) in [5.41, 5.74) is 7.80. The summed E-state index contributed by atoms with van der Waals surface area (Å²) in [7, 11) is 0. The van der Waals surface area contributed by atoms with E-state index in [0.29, 0.717) is 30.0 Å². The van der Waals surface area contributed by atoms with Crippen LogP contribution in [0.5, 0.6) is 0 Å². The number of carbonyl (C=O) groups is 1. The van der Waals surface area contributed by atoms with Gasteiger partial charge in [-0.25, -0.2) is 4.39 Å². The van der Waals surface area contributed by atoms with Crippen LogP contribution >= 0.6 is 12.4 Å². The Labute approximate surface area is 158 Å². The van der Waals surface area contributed by atoms with Crippen molar-refractivity contribution < 1.29 is 13.9 Å². The molecule has 2 aromatic carbocycles. The molecule has 3 rings (SSSR count). The summed E-state index contributed by atoms with van der Waals surface area (Å²) >= 11 is 0. The molecule has 1 aliphatic heterocycles. The number of rotatable bonds is 6. The Bertz CT molecular complexity index is 734. The molecule has 2 aromatic rings. The van der Waals surface area contributed by atoms with E-state index in [9.17, 15) is 9.18 Å². The first kappa shape index (κ1) is 20.2. The summed E-state index contributed by atoms with van der Waals surface area (Å²) in [6.07, 6.45) is 2.17. The molecule has 5 nitrogen and oxygen atoms in total. The lowest BCUT2D eigenvalue weighted by atomic mass is 10.1. The highest BCUT2D eigenvalue weighted by Crippen LogP contribution is 2.21. The summed E-state index contributed by atoms with van der Waals surface area (Å²) in [4.78, 5) is 12.2. The zero-order chi connectivity index (χ0) is 17.6. The van der Waals surface area contributed by atoms with Crippen LogP contribution in [0.1, 0.15) is 28.8 Å². The Morgan fingerprint density at radius 1 is 1.23 bits per heavy atom. The van der Waals surface area contributed by atoms with E-state index in [2.05, 4.69) is 10.6 Å². The number of hydrogen-bond acceptors (Lipinski definition) is 4. The van der Waals surface area contributed by atoms with Crippen molar-refractivity contribution in [2.45, 2.75) is 25.5 Å². The van der Waals surface area contributed by atoms with Gasteiger partial charge in [0.05, 0.1) is 11.8 Å². The fourth-order valence-electron chi connectivity index (χ4n) is 2.76. The first-order valence-electron chi connectivity index (χ1n) is 8.41. The lowest BCUT2D eigenvalue weighted by Gasteiger charge is -2.13. The van der Waals surface area contributed by atoms with Gasteiger partial charge < -0.3 is 21.1 Å². The maximum Gasteiger partial charge on any atom is 0.255 e. The number of hydrogen-bond donors (Lipinski definition) is 3. The Morgan fingerprint density at radius 3 is 2.62 bits per heavy atom. The summed E-state index contributed by atoms with van der Waals surface area (Å²) < 4.78 is 19.7. The van der Waals surface area contributed by atoms with Crippen molar-refractivity contribution in [1.82, 2.24) is 0 Å². The molecule has 0 radical (unpaired) electrons. The first-order valence-corrected chi connectivity index (χ1v) is 8.41. The molecular weight excluding hydrogens is 357 g/mol. The summed E-state index contributed by atoms with van der Waals surface area (Å²) in [5, 5.41) is 5.75. The fraction of sp³-hybridized carbons (Fsp3) is 0.316. The molecule has 0 aromatic heterocycles. The van der Waals surface area contributed by atoms with Gasteiger partial charge in [0.2, 0.25) is 0 Å². The molecule has 1 aliphatic rings. The van der Waals surface area contributed by atoms with Crippen molar-refractivity contribution in [2.24, 2.45) is 5.73 Å². The van der Waals surface area contributed by atoms with Gasteiger partial charge in [0.1, 0.15) is 5.82 Å². The molecule has 140 valence electrons. The van der Waals surface area contributed by atoms with Gasteiger partial charge in [-0.15, -0.1) is 12.4 Å². The maximum absolute atomic E-state index is 14.2. The predicted molar refractivity (Wildman–Crippen MR) is 103 cm³/mol. The van der Waals surface area contributed by atoms with Crippen LogP contribution in [0.2, 0.25) is 0 Å². The topological polar surface area (TPSA) is 76.4 Å². The first-order chi connectivity index (χ1) is 12.2. The van der Waals surface area contributed by atoms with Gasteiger partial charge in [-0.3, -0.25) is 4.79 Å². The highest BCUT2D eigenvalue weighted by molar-refractivity contribution is 6.04.